The second-order valence-corrected chi connectivity index (χ2v) is 10.8. The summed E-state index contributed by atoms with van der Waals surface area (Å²) in [6, 6.07) is 16.6. The zero-order valence-electron chi connectivity index (χ0n) is 21.6. The maximum atomic E-state index is 12.4. The van der Waals surface area contributed by atoms with Crippen LogP contribution in [0.1, 0.15) is 56.8 Å². The van der Waals surface area contributed by atoms with Gasteiger partial charge in [-0.25, -0.2) is 0 Å². The number of carbonyl (C=O) groups excluding carboxylic acids is 1. The Morgan fingerprint density at radius 1 is 1.11 bits per heavy atom. The highest BCUT2D eigenvalue weighted by Crippen LogP contribution is 2.40. The molecular formula is C29H29N5O3S. The zero-order chi connectivity index (χ0) is 26.4. The van der Waals surface area contributed by atoms with Crippen LogP contribution in [-0.4, -0.2) is 45.2 Å². The van der Waals surface area contributed by atoms with Crippen molar-refractivity contribution < 1.29 is 14.6 Å². The Balaban J connectivity index is 1.43. The molecule has 6 rings (SSSR count). The summed E-state index contributed by atoms with van der Waals surface area (Å²) in [5.41, 5.74) is 7.60. The number of anilines is 1. The molecule has 1 N–H and O–H groups in total. The minimum absolute atomic E-state index is 0.0598. The van der Waals surface area contributed by atoms with E-state index in [4.69, 9.17) is 9.73 Å². The highest BCUT2D eigenvalue weighted by atomic mass is 32.1. The molecule has 1 atom stereocenters. The number of aliphatic hydroxyl groups excluding tert-OH is 1. The van der Waals surface area contributed by atoms with Gasteiger partial charge in [0.05, 0.1) is 25.8 Å². The van der Waals surface area contributed by atoms with E-state index in [0.717, 1.165) is 57.5 Å². The van der Waals surface area contributed by atoms with Gasteiger partial charge in [0.25, 0.3) is 0 Å². The molecule has 194 valence electrons. The molecule has 4 heterocycles. The molecule has 4 aromatic rings. The average molecular weight is 528 g/mol. The van der Waals surface area contributed by atoms with Gasteiger partial charge in [0, 0.05) is 34.8 Å². The van der Waals surface area contributed by atoms with Crippen molar-refractivity contribution in [2.75, 3.05) is 18.6 Å². The summed E-state index contributed by atoms with van der Waals surface area (Å²) >= 11 is 1.51. The molecule has 8 nitrogen and oxygen atoms in total. The number of aliphatic imine (C=N–C) groups is 1. The van der Waals surface area contributed by atoms with E-state index in [1.807, 2.05) is 18.4 Å². The van der Waals surface area contributed by atoms with Crippen LogP contribution in [0, 0.1) is 13.8 Å². The van der Waals surface area contributed by atoms with Gasteiger partial charge in [-0.05, 0) is 49.1 Å². The number of methoxy groups -OCH3 is 1. The minimum Gasteiger partial charge on any atom is -0.469 e. The molecule has 2 aliphatic heterocycles. The van der Waals surface area contributed by atoms with E-state index >= 15 is 0 Å². The number of aliphatic hydroxyl groups is 1. The maximum Gasteiger partial charge on any atom is 0.308 e. The lowest BCUT2D eigenvalue weighted by Gasteiger charge is -2.30. The van der Waals surface area contributed by atoms with Crippen LogP contribution in [0.15, 0.2) is 53.5 Å². The highest BCUT2D eigenvalue weighted by Gasteiger charge is 2.33. The topological polar surface area (TPSA) is 92.8 Å². The molecular weight excluding hydrogens is 498 g/mol. The molecule has 38 heavy (non-hydrogen) atoms. The summed E-state index contributed by atoms with van der Waals surface area (Å²) in [4.78, 5) is 20.7. The summed E-state index contributed by atoms with van der Waals surface area (Å²) in [6.07, 6.45) is 1.09. The standard InChI is InChI=1S/C29H29N5O3S/c1-17-24(16-35)38-29-26(17)27(30-23(14-25(36)37-3)28-32-31-18(2)34(28)29)20-8-10-22(11-9-20)33-13-12-19-6-4-5-7-21(19)15-33/h4-11,23,35H,12-16H2,1-3H3/t23-/m0/s1. The number of hydrogen-bond acceptors (Lipinski definition) is 8. The lowest BCUT2D eigenvalue weighted by molar-refractivity contribution is -0.141. The van der Waals surface area contributed by atoms with E-state index in [9.17, 15) is 9.90 Å². The predicted molar refractivity (Wildman–Crippen MR) is 147 cm³/mol. The Morgan fingerprint density at radius 3 is 2.61 bits per heavy atom. The van der Waals surface area contributed by atoms with Crippen LogP contribution in [-0.2, 0) is 29.1 Å². The molecule has 9 heteroatoms. The zero-order valence-corrected chi connectivity index (χ0v) is 22.5. The number of benzene rings is 2. The second-order valence-electron chi connectivity index (χ2n) is 9.69. The van der Waals surface area contributed by atoms with Crippen LogP contribution in [0.3, 0.4) is 0 Å². The van der Waals surface area contributed by atoms with Gasteiger partial charge in [-0.3, -0.25) is 14.4 Å². The molecule has 0 fully saturated rings. The van der Waals surface area contributed by atoms with Crippen molar-refractivity contribution >= 4 is 28.7 Å². The summed E-state index contributed by atoms with van der Waals surface area (Å²) < 4.78 is 6.95. The fourth-order valence-corrected chi connectivity index (χ4v) is 6.62. The number of rotatable bonds is 5. The number of thiophene rings is 1. The first kappa shape index (κ1) is 24.5. The Kier molecular flexibility index (Phi) is 6.33. The lowest BCUT2D eigenvalue weighted by Crippen LogP contribution is -2.30. The minimum atomic E-state index is -0.548. The largest absolute Gasteiger partial charge is 0.469 e. The molecule has 2 aromatic heterocycles. The molecule has 0 saturated carbocycles. The lowest BCUT2D eigenvalue weighted by atomic mass is 9.97. The van der Waals surface area contributed by atoms with Gasteiger partial charge >= 0.3 is 5.97 Å². The molecule has 2 aromatic carbocycles. The Hall–Kier alpha value is -3.82. The van der Waals surface area contributed by atoms with E-state index in [2.05, 4.69) is 63.6 Å². The number of nitrogens with zero attached hydrogens (tertiary/aromatic N) is 5. The molecule has 0 amide bonds. The van der Waals surface area contributed by atoms with Gasteiger partial charge in [0.1, 0.15) is 16.9 Å². The van der Waals surface area contributed by atoms with Crippen LogP contribution in [0.5, 0.6) is 0 Å². The Labute approximate surface area is 225 Å². The van der Waals surface area contributed by atoms with Crippen LogP contribution >= 0.6 is 11.3 Å². The van der Waals surface area contributed by atoms with Crippen molar-refractivity contribution in [1.82, 2.24) is 14.8 Å². The number of fused-ring (bicyclic) bond motifs is 4. The van der Waals surface area contributed by atoms with Crippen molar-refractivity contribution in [2.45, 2.75) is 45.9 Å². The number of aryl methyl sites for hydroxylation is 1. The Morgan fingerprint density at radius 2 is 1.87 bits per heavy atom. The number of esters is 1. The van der Waals surface area contributed by atoms with Crippen molar-refractivity contribution in [3.05, 3.63) is 92.9 Å². The first-order chi connectivity index (χ1) is 18.5. The third kappa shape index (κ3) is 4.12. The van der Waals surface area contributed by atoms with E-state index in [-0.39, 0.29) is 19.0 Å². The van der Waals surface area contributed by atoms with E-state index in [1.165, 1.54) is 29.6 Å². The third-order valence-electron chi connectivity index (χ3n) is 7.47. The molecule has 0 spiro atoms. The summed E-state index contributed by atoms with van der Waals surface area (Å²) in [5.74, 6) is 0.946. The molecule has 0 saturated heterocycles. The van der Waals surface area contributed by atoms with Gasteiger partial charge in [0.15, 0.2) is 5.82 Å². The van der Waals surface area contributed by atoms with Gasteiger partial charge in [-0.2, -0.15) is 0 Å². The first-order valence-electron chi connectivity index (χ1n) is 12.7. The molecule has 0 unspecified atom stereocenters. The van der Waals surface area contributed by atoms with Crippen LogP contribution in [0.25, 0.3) is 5.00 Å². The van der Waals surface area contributed by atoms with Crippen LogP contribution in [0.4, 0.5) is 5.69 Å². The van der Waals surface area contributed by atoms with Gasteiger partial charge < -0.3 is 14.7 Å². The monoisotopic (exact) mass is 527 g/mol. The number of ether oxygens (including phenoxy) is 1. The predicted octanol–water partition coefficient (Wildman–Crippen LogP) is 4.46. The van der Waals surface area contributed by atoms with Crippen molar-refractivity contribution in [3.8, 4) is 5.00 Å². The van der Waals surface area contributed by atoms with Crippen LogP contribution < -0.4 is 4.90 Å². The fraction of sp³-hybridized carbons (Fsp3) is 0.310. The summed E-state index contributed by atoms with van der Waals surface area (Å²) in [6.45, 7) is 5.70. The number of aromatic nitrogens is 3. The van der Waals surface area contributed by atoms with Crippen molar-refractivity contribution in [2.24, 2.45) is 4.99 Å². The SMILES string of the molecule is COC(=O)C[C@@H]1N=C(c2ccc(N3CCc4ccccc4C3)cc2)c2c(sc(CO)c2C)-n2c(C)nnc21. The molecule has 2 aliphatic rings. The summed E-state index contributed by atoms with van der Waals surface area (Å²) in [7, 11) is 1.38. The fourth-order valence-electron chi connectivity index (χ4n) is 5.40. The average Bonchev–Trinajstić information content (AvgIpc) is 3.45. The summed E-state index contributed by atoms with van der Waals surface area (Å²) in [5, 5.41) is 19.7. The molecule has 0 radical (unpaired) electrons. The number of carbonyl (C=O) groups is 1. The second kappa shape index (κ2) is 9.81. The van der Waals surface area contributed by atoms with E-state index in [0.29, 0.717) is 11.6 Å². The van der Waals surface area contributed by atoms with E-state index < -0.39 is 6.04 Å². The van der Waals surface area contributed by atoms with E-state index in [1.54, 1.807) is 0 Å². The van der Waals surface area contributed by atoms with Gasteiger partial charge in [-0.15, -0.1) is 21.5 Å². The first-order valence-corrected chi connectivity index (χ1v) is 13.5. The normalized spacial score (nSPS) is 16.3. The van der Waals surface area contributed by atoms with Gasteiger partial charge in [0.2, 0.25) is 0 Å². The van der Waals surface area contributed by atoms with Crippen LogP contribution in [0.2, 0.25) is 0 Å². The highest BCUT2D eigenvalue weighted by molar-refractivity contribution is 7.15. The maximum absolute atomic E-state index is 12.4. The number of hydrogen-bond donors (Lipinski definition) is 1. The quantitative estimate of drug-likeness (QED) is 0.386. The molecule has 0 bridgehead atoms. The Bertz CT molecular complexity index is 1550. The third-order valence-corrected chi connectivity index (χ3v) is 8.73. The molecule has 0 aliphatic carbocycles. The van der Waals surface area contributed by atoms with Gasteiger partial charge in [-0.1, -0.05) is 36.4 Å². The smallest absolute Gasteiger partial charge is 0.308 e. The van der Waals surface area contributed by atoms with Crippen molar-refractivity contribution in [1.29, 1.82) is 0 Å². The van der Waals surface area contributed by atoms with Crippen molar-refractivity contribution in [3.63, 3.8) is 0 Å².